The molecule has 0 fully saturated rings. The molecule has 0 aliphatic heterocycles. The van der Waals surface area contributed by atoms with Gasteiger partial charge in [0.05, 0.1) is 0 Å². The lowest BCUT2D eigenvalue weighted by atomic mass is 10.0. The van der Waals surface area contributed by atoms with Gasteiger partial charge in [-0.05, 0) is 37.6 Å². The number of hydrogen-bond acceptors (Lipinski definition) is 1. The van der Waals surface area contributed by atoms with Crippen LogP contribution in [0.25, 0.3) is 0 Å². The van der Waals surface area contributed by atoms with Crippen molar-refractivity contribution in [3.05, 3.63) is 70.8 Å². The molecule has 1 nitrogen and oxygen atoms in total. The van der Waals surface area contributed by atoms with Crippen molar-refractivity contribution in [3.8, 4) is 11.8 Å². The molecule has 0 bridgehead atoms. The molecule has 0 radical (unpaired) electrons. The number of hydrogen-bond donors (Lipinski definition) is 0. The van der Waals surface area contributed by atoms with Crippen molar-refractivity contribution >= 4 is 5.78 Å². The first kappa shape index (κ1) is 14.1. The van der Waals surface area contributed by atoms with Gasteiger partial charge in [0.25, 0.3) is 0 Å². The summed E-state index contributed by atoms with van der Waals surface area (Å²) in [7, 11) is 0. The van der Waals surface area contributed by atoms with E-state index in [1.807, 2.05) is 55.5 Å². The third-order valence-corrected chi connectivity index (χ3v) is 3.07. The monoisotopic (exact) mass is 262 g/mol. The van der Waals surface area contributed by atoms with Crippen molar-refractivity contribution in [2.24, 2.45) is 0 Å². The highest BCUT2D eigenvalue weighted by molar-refractivity contribution is 6.09. The van der Waals surface area contributed by atoms with Crippen molar-refractivity contribution in [2.75, 3.05) is 0 Å². The Kier molecular flexibility index (Phi) is 4.74. The van der Waals surface area contributed by atoms with Crippen LogP contribution in [-0.4, -0.2) is 5.78 Å². The highest BCUT2D eigenvalue weighted by atomic mass is 16.1. The zero-order chi connectivity index (χ0) is 14.4. The maximum absolute atomic E-state index is 12.3. The Labute approximate surface area is 120 Å². The standard InChI is InChI=1S/C19H18O/c1-3-4-5-6-16-9-13-18(14-10-16)19(20)17-11-7-15(2)8-12-17/h7-14H,3-4H2,1-2H3. The van der Waals surface area contributed by atoms with Gasteiger partial charge in [0, 0.05) is 23.1 Å². The fourth-order valence-electron chi connectivity index (χ4n) is 1.87. The van der Waals surface area contributed by atoms with E-state index in [1.54, 1.807) is 0 Å². The first-order chi connectivity index (χ1) is 9.70. The summed E-state index contributed by atoms with van der Waals surface area (Å²) >= 11 is 0. The number of ketones is 1. The molecule has 0 aliphatic carbocycles. The largest absolute Gasteiger partial charge is 0.289 e. The van der Waals surface area contributed by atoms with Crippen LogP contribution >= 0.6 is 0 Å². The van der Waals surface area contributed by atoms with Gasteiger partial charge in [-0.15, -0.1) is 0 Å². The molecule has 0 aliphatic rings. The normalized spacial score (nSPS) is 9.70. The summed E-state index contributed by atoms with van der Waals surface area (Å²) in [5.74, 6) is 6.25. The second kappa shape index (κ2) is 6.73. The van der Waals surface area contributed by atoms with Gasteiger partial charge in [-0.3, -0.25) is 4.79 Å². The molecule has 0 N–H and O–H groups in total. The highest BCUT2D eigenvalue weighted by Gasteiger charge is 2.07. The average molecular weight is 262 g/mol. The fraction of sp³-hybridized carbons (Fsp3) is 0.211. The van der Waals surface area contributed by atoms with E-state index in [-0.39, 0.29) is 5.78 Å². The van der Waals surface area contributed by atoms with Gasteiger partial charge in [0.15, 0.2) is 5.78 Å². The molecule has 2 aromatic rings. The van der Waals surface area contributed by atoms with Crippen LogP contribution in [-0.2, 0) is 0 Å². The number of rotatable bonds is 3. The number of aryl methyl sites for hydroxylation is 1. The van der Waals surface area contributed by atoms with E-state index in [2.05, 4.69) is 18.8 Å². The van der Waals surface area contributed by atoms with Crippen molar-refractivity contribution in [3.63, 3.8) is 0 Å². The molecule has 20 heavy (non-hydrogen) atoms. The van der Waals surface area contributed by atoms with Gasteiger partial charge < -0.3 is 0 Å². The van der Waals surface area contributed by atoms with Crippen LogP contribution in [0.3, 0.4) is 0 Å². The van der Waals surface area contributed by atoms with E-state index in [4.69, 9.17) is 0 Å². The topological polar surface area (TPSA) is 17.1 Å². The Bertz CT molecular complexity index is 637. The summed E-state index contributed by atoms with van der Waals surface area (Å²) in [5, 5.41) is 0. The van der Waals surface area contributed by atoms with E-state index >= 15 is 0 Å². The Morgan fingerprint density at radius 1 is 0.950 bits per heavy atom. The molecular formula is C19H18O. The summed E-state index contributed by atoms with van der Waals surface area (Å²) in [6, 6.07) is 15.2. The molecule has 0 amide bonds. The summed E-state index contributed by atoms with van der Waals surface area (Å²) in [5.41, 5.74) is 3.54. The molecule has 0 atom stereocenters. The summed E-state index contributed by atoms with van der Waals surface area (Å²) < 4.78 is 0. The zero-order valence-corrected chi connectivity index (χ0v) is 11.9. The van der Waals surface area contributed by atoms with Crippen LogP contribution in [0.2, 0.25) is 0 Å². The van der Waals surface area contributed by atoms with Gasteiger partial charge in [0.1, 0.15) is 0 Å². The van der Waals surface area contributed by atoms with Gasteiger partial charge in [-0.2, -0.15) is 0 Å². The summed E-state index contributed by atoms with van der Waals surface area (Å²) in [4.78, 5) is 12.3. The van der Waals surface area contributed by atoms with Gasteiger partial charge in [-0.1, -0.05) is 48.6 Å². The minimum Gasteiger partial charge on any atom is -0.289 e. The Morgan fingerprint density at radius 2 is 1.50 bits per heavy atom. The number of benzene rings is 2. The van der Waals surface area contributed by atoms with E-state index in [0.29, 0.717) is 5.56 Å². The molecule has 0 saturated heterocycles. The summed E-state index contributed by atoms with van der Waals surface area (Å²) in [6.07, 6.45) is 1.97. The molecule has 1 heteroatoms. The predicted octanol–water partition coefficient (Wildman–Crippen LogP) is 4.38. The first-order valence-electron chi connectivity index (χ1n) is 6.91. The SMILES string of the molecule is CCCC#Cc1ccc(C(=O)c2ccc(C)cc2)cc1. The van der Waals surface area contributed by atoms with Crippen molar-refractivity contribution in [2.45, 2.75) is 26.7 Å². The smallest absolute Gasteiger partial charge is 0.193 e. The quantitative estimate of drug-likeness (QED) is 0.592. The Hall–Kier alpha value is -2.33. The number of carbonyl (C=O) groups excluding carboxylic acids is 1. The minimum atomic E-state index is 0.0538. The van der Waals surface area contributed by atoms with E-state index in [0.717, 1.165) is 29.5 Å². The van der Waals surface area contributed by atoms with Crippen LogP contribution in [0.1, 0.15) is 46.8 Å². The van der Waals surface area contributed by atoms with Crippen molar-refractivity contribution in [1.29, 1.82) is 0 Å². The molecule has 0 heterocycles. The van der Waals surface area contributed by atoms with Gasteiger partial charge in [-0.25, -0.2) is 0 Å². The predicted molar refractivity (Wildman–Crippen MR) is 82.8 cm³/mol. The molecule has 0 spiro atoms. The molecular weight excluding hydrogens is 244 g/mol. The lowest BCUT2D eigenvalue weighted by molar-refractivity contribution is 0.103. The highest BCUT2D eigenvalue weighted by Crippen LogP contribution is 2.12. The van der Waals surface area contributed by atoms with Crippen molar-refractivity contribution < 1.29 is 4.79 Å². The minimum absolute atomic E-state index is 0.0538. The molecule has 0 saturated carbocycles. The van der Waals surface area contributed by atoms with Crippen LogP contribution in [0.5, 0.6) is 0 Å². The molecule has 100 valence electrons. The van der Waals surface area contributed by atoms with E-state index < -0.39 is 0 Å². The fourth-order valence-corrected chi connectivity index (χ4v) is 1.87. The van der Waals surface area contributed by atoms with Crippen LogP contribution in [0.15, 0.2) is 48.5 Å². The van der Waals surface area contributed by atoms with Crippen molar-refractivity contribution in [1.82, 2.24) is 0 Å². The second-order valence-electron chi connectivity index (χ2n) is 4.82. The molecule has 2 aromatic carbocycles. The van der Waals surface area contributed by atoms with Crippen LogP contribution < -0.4 is 0 Å². The third kappa shape index (κ3) is 3.59. The molecule has 2 rings (SSSR count). The lowest BCUT2D eigenvalue weighted by Gasteiger charge is -2.02. The molecule has 0 aromatic heterocycles. The van der Waals surface area contributed by atoms with E-state index in [9.17, 15) is 4.79 Å². The maximum Gasteiger partial charge on any atom is 0.193 e. The lowest BCUT2D eigenvalue weighted by Crippen LogP contribution is -2.00. The summed E-state index contributed by atoms with van der Waals surface area (Å²) in [6.45, 7) is 4.12. The van der Waals surface area contributed by atoms with Crippen LogP contribution in [0.4, 0.5) is 0 Å². The Balaban J connectivity index is 2.16. The Morgan fingerprint density at radius 3 is 2.05 bits per heavy atom. The third-order valence-electron chi connectivity index (χ3n) is 3.07. The second-order valence-corrected chi connectivity index (χ2v) is 4.82. The van der Waals surface area contributed by atoms with E-state index in [1.165, 1.54) is 0 Å². The maximum atomic E-state index is 12.3. The number of unbranched alkanes of at least 4 members (excludes halogenated alkanes) is 1. The zero-order valence-electron chi connectivity index (χ0n) is 11.9. The average Bonchev–Trinajstić information content (AvgIpc) is 2.48. The first-order valence-corrected chi connectivity index (χ1v) is 6.91. The van der Waals surface area contributed by atoms with Gasteiger partial charge in [0.2, 0.25) is 0 Å². The van der Waals surface area contributed by atoms with Gasteiger partial charge >= 0.3 is 0 Å². The molecule has 0 unspecified atom stereocenters. The number of carbonyl (C=O) groups is 1. The van der Waals surface area contributed by atoms with Crippen LogP contribution in [0, 0.1) is 18.8 Å².